The number of hydrogen-bond acceptors (Lipinski definition) is 3. The van der Waals surface area contributed by atoms with E-state index in [1.807, 2.05) is 50.2 Å². The van der Waals surface area contributed by atoms with Crippen molar-refractivity contribution >= 4 is 40.9 Å². The summed E-state index contributed by atoms with van der Waals surface area (Å²) in [6.07, 6.45) is 0. The molecule has 2 rings (SSSR count). The zero-order chi connectivity index (χ0) is 18.2. The molecule has 0 saturated heterocycles. The normalized spacial score (nSPS) is 11.8. The number of nitrogens with one attached hydrogen (secondary N) is 1. The summed E-state index contributed by atoms with van der Waals surface area (Å²) in [5.74, 6) is 1.89. The van der Waals surface area contributed by atoms with Crippen LogP contribution in [0.4, 0.5) is 0 Å². The summed E-state index contributed by atoms with van der Waals surface area (Å²) in [4.78, 5) is 12.0. The van der Waals surface area contributed by atoms with Gasteiger partial charge in [0, 0.05) is 5.75 Å². The topological polar surface area (TPSA) is 38.3 Å². The van der Waals surface area contributed by atoms with Crippen molar-refractivity contribution in [1.82, 2.24) is 5.32 Å². The summed E-state index contributed by atoms with van der Waals surface area (Å²) in [5.41, 5.74) is 2.23. The molecule has 0 fully saturated rings. The smallest absolute Gasteiger partial charge is 0.230 e. The molecule has 1 atom stereocenters. The van der Waals surface area contributed by atoms with E-state index in [2.05, 4.69) is 5.32 Å². The third kappa shape index (κ3) is 7.18. The maximum Gasteiger partial charge on any atom is 0.230 e. The first-order valence-electron chi connectivity index (χ1n) is 7.94. The number of carbonyl (C=O) groups is 1. The molecule has 1 N–H and O–H groups in total. The number of amides is 1. The van der Waals surface area contributed by atoms with Crippen molar-refractivity contribution < 1.29 is 9.53 Å². The number of hydrogen-bond donors (Lipinski definition) is 1. The second-order valence-corrected chi connectivity index (χ2v) is 7.63. The van der Waals surface area contributed by atoms with Gasteiger partial charge in [-0.25, -0.2) is 0 Å². The fourth-order valence-corrected chi connectivity index (χ4v) is 3.21. The van der Waals surface area contributed by atoms with E-state index in [4.69, 9.17) is 27.9 Å². The highest BCUT2D eigenvalue weighted by molar-refractivity contribution is 7.99. The van der Waals surface area contributed by atoms with Crippen LogP contribution in [0.2, 0.25) is 10.0 Å². The van der Waals surface area contributed by atoms with Crippen LogP contribution >= 0.6 is 35.0 Å². The molecule has 0 aliphatic heterocycles. The molecule has 0 aliphatic rings. The minimum absolute atomic E-state index is 0.00920. The highest BCUT2D eigenvalue weighted by Crippen LogP contribution is 2.24. The van der Waals surface area contributed by atoms with Gasteiger partial charge < -0.3 is 10.1 Å². The van der Waals surface area contributed by atoms with Gasteiger partial charge in [-0.2, -0.15) is 0 Å². The van der Waals surface area contributed by atoms with E-state index >= 15 is 0 Å². The van der Waals surface area contributed by atoms with Gasteiger partial charge in [0.15, 0.2) is 0 Å². The maximum absolute atomic E-state index is 12.0. The third-order valence-electron chi connectivity index (χ3n) is 3.41. The first-order chi connectivity index (χ1) is 11.9. The van der Waals surface area contributed by atoms with Crippen LogP contribution in [0.1, 0.15) is 18.1 Å². The number of benzene rings is 2. The van der Waals surface area contributed by atoms with Crippen molar-refractivity contribution in [2.75, 3.05) is 12.4 Å². The standard InChI is InChI=1S/C19H21Cl2NO2S/c1-13-3-6-16(7-4-13)24-10-14(2)22-19(23)12-25-11-15-5-8-17(20)18(21)9-15/h3-9,14H,10-12H2,1-2H3,(H,22,23)/t14-/m1/s1. The van der Waals surface area contributed by atoms with Crippen molar-refractivity contribution in [2.45, 2.75) is 25.6 Å². The highest BCUT2D eigenvalue weighted by Gasteiger charge is 2.09. The lowest BCUT2D eigenvalue weighted by Crippen LogP contribution is -2.37. The Morgan fingerprint density at radius 2 is 1.88 bits per heavy atom. The number of aryl methyl sites for hydroxylation is 1. The molecule has 0 heterocycles. The summed E-state index contributed by atoms with van der Waals surface area (Å²) in [6, 6.07) is 13.3. The molecule has 2 aromatic rings. The van der Waals surface area contributed by atoms with Crippen LogP contribution in [0.3, 0.4) is 0 Å². The first kappa shape index (κ1) is 20.0. The van der Waals surface area contributed by atoms with Crippen molar-refractivity contribution in [1.29, 1.82) is 0 Å². The van der Waals surface area contributed by atoms with E-state index in [9.17, 15) is 4.79 Å². The van der Waals surface area contributed by atoms with E-state index in [1.54, 1.807) is 6.07 Å². The Morgan fingerprint density at radius 1 is 1.16 bits per heavy atom. The predicted octanol–water partition coefficient (Wildman–Crippen LogP) is 5.12. The fraction of sp³-hybridized carbons (Fsp3) is 0.316. The Balaban J connectivity index is 1.66. The van der Waals surface area contributed by atoms with Crippen LogP contribution in [0, 0.1) is 6.92 Å². The molecule has 0 bridgehead atoms. The molecule has 0 spiro atoms. The van der Waals surface area contributed by atoms with E-state index in [0.717, 1.165) is 11.3 Å². The lowest BCUT2D eigenvalue weighted by molar-refractivity contribution is -0.119. The van der Waals surface area contributed by atoms with Gasteiger partial charge in [-0.15, -0.1) is 11.8 Å². The van der Waals surface area contributed by atoms with Gasteiger partial charge in [0.1, 0.15) is 12.4 Å². The van der Waals surface area contributed by atoms with Crippen LogP contribution in [0.15, 0.2) is 42.5 Å². The summed E-state index contributed by atoms with van der Waals surface area (Å²) >= 11 is 13.4. The average molecular weight is 398 g/mol. The van der Waals surface area contributed by atoms with Crippen molar-refractivity contribution in [3.8, 4) is 5.75 Å². The molecule has 0 aliphatic carbocycles. The summed E-state index contributed by atoms with van der Waals surface area (Å²) in [6.45, 7) is 4.39. The Kier molecular flexibility index (Phi) is 7.94. The van der Waals surface area contributed by atoms with Gasteiger partial charge in [0.25, 0.3) is 0 Å². The summed E-state index contributed by atoms with van der Waals surface area (Å²) in [7, 11) is 0. The molecule has 0 aromatic heterocycles. The lowest BCUT2D eigenvalue weighted by Gasteiger charge is -2.15. The van der Waals surface area contributed by atoms with Crippen molar-refractivity contribution in [3.05, 3.63) is 63.6 Å². The SMILES string of the molecule is Cc1ccc(OC[C@@H](C)NC(=O)CSCc2ccc(Cl)c(Cl)c2)cc1. The van der Waals surface area contributed by atoms with Gasteiger partial charge in [0.2, 0.25) is 5.91 Å². The van der Waals surface area contributed by atoms with Crippen molar-refractivity contribution in [2.24, 2.45) is 0 Å². The van der Waals surface area contributed by atoms with Crippen LogP contribution in [0.25, 0.3) is 0 Å². The predicted molar refractivity (Wildman–Crippen MR) is 107 cm³/mol. The third-order valence-corrected chi connectivity index (χ3v) is 5.16. The minimum Gasteiger partial charge on any atom is -0.491 e. The van der Waals surface area contributed by atoms with Gasteiger partial charge in [0.05, 0.1) is 21.8 Å². The largest absolute Gasteiger partial charge is 0.491 e. The number of halogens is 2. The summed E-state index contributed by atoms with van der Waals surface area (Å²) < 4.78 is 5.67. The number of rotatable bonds is 8. The fourth-order valence-electron chi connectivity index (χ4n) is 2.10. The molecule has 0 radical (unpaired) electrons. The van der Waals surface area contributed by atoms with Crippen molar-refractivity contribution in [3.63, 3.8) is 0 Å². The van der Waals surface area contributed by atoms with Gasteiger partial charge in [-0.05, 0) is 43.7 Å². The lowest BCUT2D eigenvalue weighted by atomic mass is 10.2. The molecule has 25 heavy (non-hydrogen) atoms. The van der Waals surface area contributed by atoms with E-state index in [-0.39, 0.29) is 11.9 Å². The monoisotopic (exact) mass is 397 g/mol. The van der Waals surface area contributed by atoms with Gasteiger partial charge in [-0.3, -0.25) is 4.79 Å². The second kappa shape index (κ2) is 9.95. The summed E-state index contributed by atoms with van der Waals surface area (Å²) in [5, 5.41) is 4.01. The first-order valence-corrected chi connectivity index (χ1v) is 9.85. The molecule has 0 unspecified atom stereocenters. The number of ether oxygens (including phenoxy) is 1. The maximum atomic E-state index is 12.0. The quantitative estimate of drug-likeness (QED) is 0.671. The number of carbonyl (C=O) groups excluding carboxylic acids is 1. The van der Waals surface area contributed by atoms with E-state index in [1.165, 1.54) is 17.3 Å². The van der Waals surface area contributed by atoms with Crippen LogP contribution in [-0.4, -0.2) is 24.3 Å². The average Bonchev–Trinajstić information content (AvgIpc) is 2.57. The molecular formula is C19H21Cl2NO2S. The zero-order valence-electron chi connectivity index (χ0n) is 14.2. The molecule has 2 aromatic carbocycles. The molecule has 0 saturated carbocycles. The Bertz CT molecular complexity index is 707. The Morgan fingerprint density at radius 3 is 2.56 bits per heavy atom. The van der Waals surface area contributed by atoms with Crippen LogP contribution in [-0.2, 0) is 10.5 Å². The van der Waals surface area contributed by atoms with E-state index in [0.29, 0.717) is 28.2 Å². The van der Waals surface area contributed by atoms with Crippen LogP contribution < -0.4 is 10.1 Å². The highest BCUT2D eigenvalue weighted by atomic mass is 35.5. The van der Waals surface area contributed by atoms with Gasteiger partial charge in [-0.1, -0.05) is 47.0 Å². The molecule has 134 valence electrons. The molecule has 1 amide bonds. The molecule has 3 nitrogen and oxygen atoms in total. The second-order valence-electron chi connectivity index (χ2n) is 5.83. The zero-order valence-corrected chi connectivity index (χ0v) is 16.5. The van der Waals surface area contributed by atoms with Gasteiger partial charge >= 0.3 is 0 Å². The molecular weight excluding hydrogens is 377 g/mol. The molecule has 6 heteroatoms. The number of thioether (sulfide) groups is 1. The Hall–Kier alpha value is -1.36. The minimum atomic E-state index is -0.0561. The van der Waals surface area contributed by atoms with Crippen LogP contribution in [0.5, 0.6) is 5.75 Å². The van der Waals surface area contributed by atoms with E-state index < -0.39 is 0 Å². The Labute approximate surface area is 163 Å².